The lowest BCUT2D eigenvalue weighted by atomic mass is 9.83. The quantitative estimate of drug-likeness (QED) is 0.596. The molecule has 0 radical (unpaired) electrons. The van der Waals surface area contributed by atoms with E-state index >= 15 is 0 Å². The molecule has 0 aromatic carbocycles. The Bertz CT molecular complexity index is 593. The number of fused-ring (bicyclic) bond motifs is 1. The van der Waals surface area contributed by atoms with Gasteiger partial charge in [-0.15, -0.1) is 0 Å². The summed E-state index contributed by atoms with van der Waals surface area (Å²) in [5.41, 5.74) is 1.40. The Labute approximate surface area is 153 Å². The molecule has 0 bridgehead atoms. The second-order valence-electron chi connectivity index (χ2n) is 7.01. The zero-order chi connectivity index (χ0) is 18.5. The van der Waals surface area contributed by atoms with Crippen molar-refractivity contribution in [1.82, 2.24) is 5.32 Å². The van der Waals surface area contributed by atoms with Gasteiger partial charge in [0.15, 0.2) is 0 Å². The van der Waals surface area contributed by atoms with Gasteiger partial charge in [0, 0.05) is 19.1 Å². The van der Waals surface area contributed by atoms with Crippen LogP contribution in [-0.2, 0) is 23.7 Å². The maximum absolute atomic E-state index is 12.1. The zero-order valence-corrected chi connectivity index (χ0v) is 15.4. The van der Waals surface area contributed by atoms with Crippen LogP contribution in [0.5, 0.6) is 0 Å². The van der Waals surface area contributed by atoms with Crippen molar-refractivity contribution in [1.29, 1.82) is 0 Å². The van der Waals surface area contributed by atoms with Gasteiger partial charge < -0.3 is 24.3 Å². The molecular formula is C19H27NO6. The second-order valence-corrected chi connectivity index (χ2v) is 7.01. The molecule has 3 aliphatic rings. The van der Waals surface area contributed by atoms with Crippen molar-refractivity contribution >= 4 is 12.1 Å². The molecule has 1 N–H and O–H groups in total. The van der Waals surface area contributed by atoms with Crippen LogP contribution < -0.4 is 5.32 Å². The molecule has 0 unspecified atom stereocenters. The fourth-order valence-corrected chi connectivity index (χ4v) is 4.10. The molecule has 144 valence electrons. The van der Waals surface area contributed by atoms with Crippen molar-refractivity contribution < 1.29 is 28.5 Å². The van der Waals surface area contributed by atoms with E-state index in [0.29, 0.717) is 12.0 Å². The van der Waals surface area contributed by atoms with Crippen LogP contribution >= 0.6 is 0 Å². The molecule has 0 spiro atoms. The fourth-order valence-electron chi connectivity index (χ4n) is 4.10. The third-order valence-electron chi connectivity index (χ3n) is 5.47. The normalized spacial score (nSPS) is 28.3. The van der Waals surface area contributed by atoms with Gasteiger partial charge in [-0.05, 0) is 24.8 Å². The number of esters is 1. The first-order valence-corrected chi connectivity index (χ1v) is 9.23. The van der Waals surface area contributed by atoms with Crippen LogP contribution in [0.3, 0.4) is 0 Å². The highest BCUT2D eigenvalue weighted by molar-refractivity contribution is 5.89. The molecule has 2 aliphatic carbocycles. The third-order valence-corrected chi connectivity index (χ3v) is 5.47. The molecule has 1 fully saturated rings. The first-order chi connectivity index (χ1) is 12.6. The van der Waals surface area contributed by atoms with Gasteiger partial charge >= 0.3 is 12.1 Å². The summed E-state index contributed by atoms with van der Waals surface area (Å²) in [7, 11) is 2.91. The monoisotopic (exact) mass is 365 g/mol. The molecule has 0 saturated heterocycles. The van der Waals surface area contributed by atoms with Crippen molar-refractivity contribution in [2.45, 2.75) is 50.9 Å². The van der Waals surface area contributed by atoms with Gasteiger partial charge in [-0.2, -0.15) is 0 Å². The number of methoxy groups -OCH3 is 2. The fraction of sp³-hybridized carbons (Fsp3) is 0.684. The largest absolute Gasteiger partial charge is 0.471 e. The van der Waals surface area contributed by atoms with Crippen molar-refractivity contribution in [3.05, 3.63) is 23.5 Å². The lowest BCUT2D eigenvalue weighted by Crippen LogP contribution is -2.39. The molecule has 1 saturated carbocycles. The SMILES string of the molecule is COC(=O)C1=CO[C@@H](OC)[C@@H]2C(COC(=O)NC3CCCCC3)=CC[C@H]12. The van der Waals surface area contributed by atoms with E-state index in [1.165, 1.54) is 19.8 Å². The summed E-state index contributed by atoms with van der Waals surface area (Å²) in [6.07, 6.45) is 8.74. The molecule has 3 atom stereocenters. The maximum Gasteiger partial charge on any atom is 0.407 e. The van der Waals surface area contributed by atoms with E-state index in [0.717, 1.165) is 31.3 Å². The number of hydrogen-bond acceptors (Lipinski definition) is 6. The third kappa shape index (κ3) is 4.03. The molecule has 0 aromatic heterocycles. The smallest absolute Gasteiger partial charge is 0.407 e. The van der Waals surface area contributed by atoms with E-state index in [-0.39, 0.29) is 24.5 Å². The summed E-state index contributed by atoms with van der Waals surface area (Å²) in [5.74, 6) is -0.650. The molecule has 26 heavy (non-hydrogen) atoms. The summed E-state index contributed by atoms with van der Waals surface area (Å²) in [4.78, 5) is 24.1. The number of rotatable bonds is 5. The summed E-state index contributed by atoms with van der Waals surface area (Å²) in [6.45, 7) is 0.164. The van der Waals surface area contributed by atoms with Crippen molar-refractivity contribution in [2.75, 3.05) is 20.8 Å². The average Bonchev–Trinajstić information content (AvgIpc) is 3.10. The highest BCUT2D eigenvalue weighted by Gasteiger charge is 2.44. The molecule has 1 aliphatic heterocycles. The van der Waals surface area contributed by atoms with Crippen LogP contribution in [0.25, 0.3) is 0 Å². The summed E-state index contributed by atoms with van der Waals surface area (Å²) >= 11 is 0. The predicted octanol–water partition coefficient (Wildman–Crippen LogP) is 2.67. The minimum absolute atomic E-state index is 0.0823. The van der Waals surface area contributed by atoms with E-state index < -0.39 is 18.4 Å². The Kier molecular flexibility index (Phi) is 6.19. The first kappa shape index (κ1) is 18.8. The Hall–Kier alpha value is -2.02. The maximum atomic E-state index is 12.1. The summed E-state index contributed by atoms with van der Waals surface area (Å²) in [5, 5.41) is 2.94. The van der Waals surface area contributed by atoms with Crippen LogP contribution in [0.1, 0.15) is 38.5 Å². The number of carbonyl (C=O) groups is 2. The second kappa shape index (κ2) is 8.58. The molecule has 1 heterocycles. The van der Waals surface area contributed by atoms with E-state index in [1.54, 1.807) is 7.11 Å². The first-order valence-electron chi connectivity index (χ1n) is 9.23. The van der Waals surface area contributed by atoms with E-state index in [9.17, 15) is 9.59 Å². The number of nitrogens with one attached hydrogen (secondary N) is 1. The van der Waals surface area contributed by atoms with Crippen molar-refractivity contribution in [3.63, 3.8) is 0 Å². The lowest BCUT2D eigenvalue weighted by Gasteiger charge is -2.34. The number of alkyl carbamates (subject to hydrolysis) is 1. The van der Waals surface area contributed by atoms with Gasteiger partial charge in [0.1, 0.15) is 6.61 Å². The number of amides is 1. The van der Waals surface area contributed by atoms with Gasteiger partial charge in [-0.1, -0.05) is 25.3 Å². The van der Waals surface area contributed by atoms with E-state index in [4.69, 9.17) is 18.9 Å². The molecule has 0 aromatic rings. The van der Waals surface area contributed by atoms with Crippen LogP contribution in [0.2, 0.25) is 0 Å². The molecule has 1 amide bonds. The Balaban J connectivity index is 1.58. The highest BCUT2D eigenvalue weighted by atomic mass is 16.7. The van der Waals surface area contributed by atoms with Crippen molar-refractivity contribution in [2.24, 2.45) is 11.8 Å². The molecule has 3 rings (SSSR count). The Morgan fingerprint density at radius 3 is 2.69 bits per heavy atom. The van der Waals surface area contributed by atoms with Crippen LogP contribution in [-0.4, -0.2) is 45.2 Å². The standard InChI is InChI=1S/C19H27NO6/c1-23-17(21)15-11-25-18(24-2)16-12(8-9-14(15)16)10-26-19(22)20-13-6-4-3-5-7-13/h8,11,13-14,16,18H,3-7,9-10H2,1-2H3,(H,20,22)/t14-,16-,18-/m1/s1. The van der Waals surface area contributed by atoms with Crippen LogP contribution in [0.15, 0.2) is 23.5 Å². The van der Waals surface area contributed by atoms with E-state index in [1.807, 2.05) is 6.08 Å². The van der Waals surface area contributed by atoms with Crippen LogP contribution in [0.4, 0.5) is 4.79 Å². The molecular weight excluding hydrogens is 338 g/mol. The molecule has 7 heteroatoms. The van der Waals surface area contributed by atoms with Gasteiger partial charge in [-0.3, -0.25) is 0 Å². The van der Waals surface area contributed by atoms with Gasteiger partial charge in [0.2, 0.25) is 6.29 Å². The number of allylic oxidation sites excluding steroid dienone is 1. The van der Waals surface area contributed by atoms with Gasteiger partial charge in [-0.25, -0.2) is 9.59 Å². The van der Waals surface area contributed by atoms with Gasteiger partial charge in [0.25, 0.3) is 0 Å². The number of carbonyl (C=O) groups excluding carboxylic acids is 2. The van der Waals surface area contributed by atoms with Crippen LogP contribution in [0, 0.1) is 11.8 Å². The summed E-state index contributed by atoms with van der Waals surface area (Å²) < 4.78 is 21.2. The minimum Gasteiger partial charge on any atom is -0.471 e. The van der Waals surface area contributed by atoms with Gasteiger partial charge in [0.05, 0.1) is 24.9 Å². The number of hydrogen-bond donors (Lipinski definition) is 1. The zero-order valence-electron chi connectivity index (χ0n) is 15.4. The molecule has 7 nitrogen and oxygen atoms in total. The lowest BCUT2D eigenvalue weighted by molar-refractivity contribution is -0.146. The predicted molar refractivity (Wildman–Crippen MR) is 93.0 cm³/mol. The Morgan fingerprint density at radius 1 is 1.23 bits per heavy atom. The van der Waals surface area contributed by atoms with E-state index in [2.05, 4.69) is 5.32 Å². The van der Waals surface area contributed by atoms with Crippen molar-refractivity contribution in [3.8, 4) is 0 Å². The Morgan fingerprint density at radius 2 is 2.00 bits per heavy atom. The summed E-state index contributed by atoms with van der Waals surface area (Å²) in [6, 6.07) is 0.208. The average molecular weight is 365 g/mol. The topological polar surface area (TPSA) is 83.1 Å². The minimum atomic E-state index is -0.507. The highest BCUT2D eigenvalue weighted by Crippen LogP contribution is 2.43. The number of ether oxygens (including phenoxy) is 4.